The van der Waals surface area contributed by atoms with E-state index in [1.54, 1.807) is 0 Å². The predicted molar refractivity (Wildman–Crippen MR) is 97.7 cm³/mol. The monoisotopic (exact) mass is 469 g/mol. The summed E-state index contributed by atoms with van der Waals surface area (Å²) in [7, 11) is 0. The fraction of sp³-hybridized carbons (Fsp3) is 0.368. The van der Waals surface area contributed by atoms with Crippen molar-refractivity contribution in [1.82, 2.24) is 4.98 Å². The first-order valence-corrected chi connectivity index (χ1v) is 8.97. The highest BCUT2D eigenvalue weighted by molar-refractivity contribution is 5.79. The Labute approximate surface area is 177 Å². The molecule has 1 aromatic heterocycles. The van der Waals surface area contributed by atoms with Gasteiger partial charge in [-0.3, -0.25) is 4.79 Å². The average molecular weight is 469 g/mol. The summed E-state index contributed by atoms with van der Waals surface area (Å²) in [4.78, 5) is 15.1. The SMILES string of the molecule is CCOc1c(CC(N)=O)cc([C@@](O)(CN)C(F)(F)F)nc1-c1ccc(F)c(C(F)(F)F)c1. The summed E-state index contributed by atoms with van der Waals surface area (Å²) in [6, 6.07) is 2.30. The van der Waals surface area contributed by atoms with Gasteiger partial charge < -0.3 is 21.3 Å². The molecule has 1 amide bonds. The van der Waals surface area contributed by atoms with Crippen LogP contribution in [0.2, 0.25) is 0 Å². The zero-order chi connectivity index (χ0) is 24.5. The number of rotatable bonds is 7. The third-order valence-electron chi connectivity index (χ3n) is 4.44. The van der Waals surface area contributed by atoms with E-state index in [2.05, 4.69) is 4.98 Å². The summed E-state index contributed by atoms with van der Waals surface area (Å²) < 4.78 is 99.2. The van der Waals surface area contributed by atoms with Crippen LogP contribution in [0.4, 0.5) is 30.7 Å². The fourth-order valence-corrected chi connectivity index (χ4v) is 2.87. The van der Waals surface area contributed by atoms with E-state index >= 15 is 0 Å². The molecule has 1 heterocycles. The van der Waals surface area contributed by atoms with Crippen LogP contribution in [0.25, 0.3) is 11.3 Å². The summed E-state index contributed by atoms with van der Waals surface area (Å²) in [5, 5.41) is 10.2. The molecule has 1 atom stereocenters. The molecule has 0 aliphatic rings. The van der Waals surface area contributed by atoms with Gasteiger partial charge in [-0.2, -0.15) is 26.3 Å². The molecule has 0 aliphatic heterocycles. The number of halogens is 7. The number of nitrogens with zero attached hydrogens (tertiary/aromatic N) is 1. The van der Waals surface area contributed by atoms with Crippen LogP contribution in [0.15, 0.2) is 24.3 Å². The number of benzene rings is 1. The molecule has 2 rings (SSSR count). The number of aliphatic hydroxyl groups is 1. The molecule has 0 unspecified atom stereocenters. The minimum atomic E-state index is -5.33. The van der Waals surface area contributed by atoms with Gasteiger partial charge in [0.25, 0.3) is 0 Å². The lowest BCUT2D eigenvalue weighted by Gasteiger charge is -2.30. The first-order chi connectivity index (χ1) is 14.7. The van der Waals surface area contributed by atoms with Crippen LogP contribution in [-0.2, 0) is 23.0 Å². The van der Waals surface area contributed by atoms with Crippen molar-refractivity contribution < 1.29 is 45.4 Å². The van der Waals surface area contributed by atoms with E-state index in [4.69, 9.17) is 16.2 Å². The largest absolute Gasteiger partial charge is 0.491 e. The molecule has 176 valence electrons. The van der Waals surface area contributed by atoms with Crippen molar-refractivity contribution in [3.8, 4) is 17.0 Å². The third-order valence-corrected chi connectivity index (χ3v) is 4.44. The smallest absolute Gasteiger partial charge is 0.424 e. The lowest BCUT2D eigenvalue weighted by atomic mass is 9.94. The molecule has 32 heavy (non-hydrogen) atoms. The number of hydrogen-bond donors (Lipinski definition) is 3. The van der Waals surface area contributed by atoms with Crippen LogP contribution in [-0.4, -0.2) is 35.3 Å². The summed E-state index contributed by atoms with van der Waals surface area (Å²) in [6.45, 7) is -0.0405. The lowest BCUT2D eigenvalue weighted by molar-refractivity contribution is -0.263. The maximum Gasteiger partial charge on any atom is 0.424 e. The average Bonchev–Trinajstić information content (AvgIpc) is 2.66. The van der Waals surface area contributed by atoms with E-state index in [9.17, 15) is 40.6 Å². The molecule has 0 radical (unpaired) electrons. The van der Waals surface area contributed by atoms with Crippen LogP contribution < -0.4 is 16.2 Å². The molecule has 6 nitrogen and oxygen atoms in total. The highest BCUT2D eigenvalue weighted by Crippen LogP contribution is 2.42. The van der Waals surface area contributed by atoms with Gasteiger partial charge in [-0.15, -0.1) is 0 Å². The van der Waals surface area contributed by atoms with E-state index in [1.807, 2.05) is 0 Å². The van der Waals surface area contributed by atoms with E-state index in [1.165, 1.54) is 6.92 Å². The second kappa shape index (κ2) is 8.90. The number of ether oxygens (including phenoxy) is 1. The number of primary amides is 1. The Kier molecular flexibility index (Phi) is 7.05. The number of hydrogen-bond acceptors (Lipinski definition) is 5. The highest BCUT2D eigenvalue weighted by Gasteiger charge is 2.55. The molecular weight excluding hydrogens is 451 g/mol. The summed E-state index contributed by atoms with van der Waals surface area (Å²) in [6.07, 6.45) is -11.1. The Morgan fingerprint density at radius 2 is 1.78 bits per heavy atom. The number of carbonyl (C=O) groups excluding carboxylic acids is 1. The molecule has 1 aromatic carbocycles. The topological polar surface area (TPSA) is 111 Å². The van der Waals surface area contributed by atoms with Crippen molar-refractivity contribution in [3.63, 3.8) is 0 Å². The van der Waals surface area contributed by atoms with Gasteiger partial charge in [-0.1, -0.05) is 0 Å². The fourth-order valence-electron chi connectivity index (χ4n) is 2.87. The second-order valence-corrected chi connectivity index (χ2v) is 6.67. The normalized spacial score (nSPS) is 14.2. The molecule has 0 saturated carbocycles. The van der Waals surface area contributed by atoms with Gasteiger partial charge in [0.2, 0.25) is 11.5 Å². The van der Waals surface area contributed by atoms with Gasteiger partial charge in [-0.25, -0.2) is 9.37 Å². The van der Waals surface area contributed by atoms with Gasteiger partial charge in [0.15, 0.2) is 0 Å². The Balaban J connectivity index is 2.93. The van der Waals surface area contributed by atoms with Crippen molar-refractivity contribution in [1.29, 1.82) is 0 Å². The van der Waals surface area contributed by atoms with Crippen molar-refractivity contribution in [2.45, 2.75) is 31.3 Å². The number of aromatic nitrogens is 1. The number of alkyl halides is 6. The molecular formula is C19H18F7N3O3. The highest BCUT2D eigenvalue weighted by atomic mass is 19.4. The van der Waals surface area contributed by atoms with Crippen molar-refractivity contribution in [3.05, 3.63) is 46.9 Å². The van der Waals surface area contributed by atoms with Crippen LogP contribution in [0.5, 0.6) is 5.75 Å². The molecule has 13 heteroatoms. The van der Waals surface area contributed by atoms with Crippen LogP contribution in [0.1, 0.15) is 23.7 Å². The van der Waals surface area contributed by atoms with Gasteiger partial charge in [0.1, 0.15) is 17.3 Å². The Morgan fingerprint density at radius 1 is 1.16 bits per heavy atom. The van der Waals surface area contributed by atoms with Crippen molar-refractivity contribution in [2.24, 2.45) is 11.5 Å². The maximum atomic E-state index is 13.7. The van der Waals surface area contributed by atoms with Crippen LogP contribution in [0, 0.1) is 5.82 Å². The van der Waals surface area contributed by atoms with Crippen molar-refractivity contribution >= 4 is 5.91 Å². The van der Waals surface area contributed by atoms with Crippen LogP contribution >= 0.6 is 0 Å². The summed E-state index contributed by atoms with van der Waals surface area (Å²) in [5.41, 5.74) is 2.41. The van der Waals surface area contributed by atoms with Gasteiger partial charge in [-0.05, 0) is 31.2 Å². The zero-order valence-corrected chi connectivity index (χ0v) is 16.4. The first kappa shape index (κ1) is 25.3. The summed E-state index contributed by atoms with van der Waals surface area (Å²) >= 11 is 0. The Morgan fingerprint density at radius 3 is 2.25 bits per heavy atom. The number of nitrogens with two attached hydrogens (primary N) is 2. The quantitative estimate of drug-likeness (QED) is 0.540. The first-order valence-electron chi connectivity index (χ1n) is 8.97. The van der Waals surface area contributed by atoms with Gasteiger partial charge in [0, 0.05) is 17.7 Å². The lowest BCUT2D eigenvalue weighted by Crippen LogP contribution is -2.49. The molecule has 0 fully saturated rings. The Bertz CT molecular complexity index is 1010. The van der Waals surface area contributed by atoms with Gasteiger partial charge in [0.05, 0.1) is 24.3 Å². The second-order valence-electron chi connectivity index (χ2n) is 6.67. The standard InChI is InChI=1S/C19H18F7N3O3/c1-2-32-16-10(7-14(28)30)6-13(17(31,8-27)19(24,25)26)29-15(16)9-3-4-12(20)11(5-9)18(21,22)23/h3-6,31H,2,7-8,27H2,1H3,(H2,28,30)/t17-/m0/s1. The van der Waals surface area contributed by atoms with Gasteiger partial charge >= 0.3 is 12.4 Å². The van der Waals surface area contributed by atoms with E-state index in [0.717, 1.165) is 6.07 Å². The number of amides is 1. The summed E-state index contributed by atoms with van der Waals surface area (Å²) in [5.74, 6) is -2.98. The molecule has 0 bridgehead atoms. The minimum Gasteiger partial charge on any atom is -0.491 e. The molecule has 2 aromatic rings. The zero-order valence-electron chi connectivity index (χ0n) is 16.4. The third kappa shape index (κ3) is 4.93. The van der Waals surface area contributed by atoms with Crippen molar-refractivity contribution in [2.75, 3.05) is 13.2 Å². The molecule has 0 spiro atoms. The predicted octanol–water partition coefficient (Wildman–Crippen LogP) is 3.04. The maximum absolute atomic E-state index is 13.7. The number of carbonyl (C=O) groups is 1. The van der Waals surface area contributed by atoms with E-state index < -0.39 is 65.2 Å². The number of pyridine rings is 1. The molecule has 5 N–H and O–H groups in total. The minimum absolute atomic E-state index is 0.118. The van der Waals surface area contributed by atoms with E-state index in [-0.39, 0.29) is 17.9 Å². The van der Waals surface area contributed by atoms with E-state index in [0.29, 0.717) is 18.2 Å². The molecule has 0 aliphatic carbocycles. The van der Waals surface area contributed by atoms with Crippen LogP contribution in [0.3, 0.4) is 0 Å². The molecule has 0 saturated heterocycles. The Hall–Kier alpha value is -2.93.